The van der Waals surface area contributed by atoms with Gasteiger partial charge in [0.2, 0.25) is 15.9 Å². The molecule has 2 aliphatic rings. The molecule has 196 valence electrons. The number of anilines is 1. The summed E-state index contributed by atoms with van der Waals surface area (Å²) in [7, 11) is -2.61. The zero-order chi connectivity index (χ0) is 26.7. The van der Waals surface area contributed by atoms with Crippen molar-refractivity contribution in [1.82, 2.24) is 24.4 Å². The molecule has 0 unspecified atom stereocenters. The number of aromatic nitrogens is 3. The Hall–Kier alpha value is -3.78. The monoisotopic (exact) mass is 532 g/mol. The Morgan fingerprint density at radius 1 is 1.27 bits per heavy atom. The second-order valence-corrected chi connectivity index (χ2v) is 11.3. The highest BCUT2D eigenvalue weighted by Gasteiger charge is 2.50. The van der Waals surface area contributed by atoms with E-state index in [1.807, 2.05) is 0 Å². The Morgan fingerprint density at radius 3 is 2.70 bits per heavy atom. The number of ether oxygens (including phenoxy) is 1. The van der Waals surface area contributed by atoms with Crippen molar-refractivity contribution < 1.29 is 31.6 Å². The summed E-state index contributed by atoms with van der Waals surface area (Å²) in [5.41, 5.74) is -0.152. The maximum atomic E-state index is 13.6. The van der Waals surface area contributed by atoms with E-state index in [4.69, 9.17) is 9.15 Å². The molecular weight excluding hydrogens is 507 g/mol. The molecule has 0 spiro atoms. The molecule has 37 heavy (non-hydrogen) atoms. The highest BCUT2D eigenvalue weighted by molar-refractivity contribution is 7.89. The van der Waals surface area contributed by atoms with Crippen LogP contribution in [0, 0.1) is 25.1 Å². The zero-order valence-corrected chi connectivity index (χ0v) is 21.3. The number of carbonyl (C=O) groups excluding carboxylic acids is 2. The van der Waals surface area contributed by atoms with Crippen molar-refractivity contribution in [2.24, 2.45) is 12.5 Å². The van der Waals surface area contributed by atoms with Crippen LogP contribution in [0.4, 0.5) is 10.1 Å². The van der Waals surface area contributed by atoms with Crippen molar-refractivity contribution in [3.05, 3.63) is 53.3 Å². The van der Waals surface area contributed by atoms with Crippen LogP contribution in [0.15, 0.2) is 33.7 Å². The lowest BCUT2D eigenvalue weighted by Crippen LogP contribution is -2.49. The summed E-state index contributed by atoms with van der Waals surface area (Å²) in [4.78, 5) is 27.3. The average molecular weight is 533 g/mol. The largest absolute Gasteiger partial charge is 0.489 e. The quantitative estimate of drug-likeness (QED) is 0.517. The first-order valence-electron chi connectivity index (χ1n) is 11.4. The number of aryl methyl sites for hydroxylation is 3. The summed E-state index contributed by atoms with van der Waals surface area (Å²) >= 11 is 0. The van der Waals surface area contributed by atoms with Crippen LogP contribution in [0.5, 0.6) is 5.75 Å². The average Bonchev–Trinajstić information content (AvgIpc) is 3.49. The Balaban J connectivity index is 1.44. The maximum Gasteiger partial charge on any atom is 0.311 e. The van der Waals surface area contributed by atoms with E-state index >= 15 is 0 Å². The first-order chi connectivity index (χ1) is 17.4. The molecule has 3 aromatic rings. The number of fused-ring (bicyclic) bond motifs is 2. The van der Waals surface area contributed by atoms with Gasteiger partial charge in [0.25, 0.3) is 5.91 Å². The van der Waals surface area contributed by atoms with Crippen molar-refractivity contribution in [2.75, 3.05) is 25.0 Å². The van der Waals surface area contributed by atoms with Gasteiger partial charge >= 0.3 is 11.8 Å². The number of carbonyl (C=O) groups is 2. The Morgan fingerprint density at radius 2 is 2.03 bits per heavy atom. The van der Waals surface area contributed by atoms with Crippen LogP contribution in [0.25, 0.3) is 0 Å². The molecule has 4 heterocycles. The number of amides is 2. The van der Waals surface area contributed by atoms with E-state index in [-0.39, 0.29) is 47.8 Å². The van der Waals surface area contributed by atoms with Crippen LogP contribution in [-0.4, -0.2) is 65.6 Å². The third-order valence-electron chi connectivity index (χ3n) is 6.66. The highest BCUT2D eigenvalue weighted by atomic mass is 32.2. The molecule has 2 atom stereocenters. The second kappa shape index (κ2) is 8.66. The smallest absolute Gasteiger partial charge is 0.311 e. The minimum Gasteiger partial charge on any atom is -0.489 e. The molecule has 0 bridgehead atoms. The molecule has 0 radical (unpaired) electrons. The lowest BCUT2D eigenvalue weighted by molar-refractivity contribution is 0.0717. The van der Waals surface area contributed by atoms with Crippen LogP contribution in [0.1, 0.15) is 39.6 Å². The summed E-state index contributed by atoms with van der Waals surface area (Å²) < 4.78 is 55.7. The SMILES string of the molecule is Cc1nnc(C(=O)N2C[C@@H]3NS(=O)(=O)c4cn(C)c(C(=O)Nc5ccc(F)c(C)c5)c4OC[C@]3(C)C2)o1. The number of benzene rings is 1. The molecule has 12 nitrogen and oxygen atoms in total. The minimum atomic E-state index is -4.14. The Labute approximate surface area is 211 Å². The van der Waals surface area contributed by atoms with E-state index in [1.165, 1.54) is 40.9 Å². The number of halogens is 1. The molecule has 0 saturated carbocycles. The van der Waals surface area contributed by atoms with Crippen LogP contribution in [-0.2, 0) is 17.1 Å². The number of hydrogen-bond donors (Lipinski definition) is 2. The lowest BCUT2D eigenvalue weighted by Gasteiger charge is -2.32. The fourth-order valence-corrected chi connectivity index (χ4v) is 6.18. The molecule has 0 aliphatic carbocycles. The molecular formula is C23H25FN6O6S. The van der Waals surface area contributed by atoms with E-state index in [0.717, 1.165) is 0 Å². The van der Waals surface area contributed by atoms with Crippen LogP contribution >= 0.6 is 0 Å². The van der Waals surface area contributed by atoms with Gasteiger partial charge in [-0.05, 0) is 30.7 Å². The van der Waals surface area contributed by atoms with Gasteiger partial charge in [0, 0.05) is 50.4 Å². The standard InChI is InChI=1S/C23H25FN6O6S/c1-12-7-14(5-6-15(12)24)25-20(31)18-19-16(8-29(18)4)37(33,34)28-17-9-30(10-23(17,3)11-35-19)22(32)21-27-26-13(2)36-21/h5-8,17,28H,9-11H2,1-4H3,(H,25,31)/t17-,23-/m0/s1. The first kappa shape index (κ1) is 24.9. The number of nitrogens with one attached hydrogen (secondary N) is 2. The summed E-state index contributed by atoms with van der Waals surface area (Å²) in [5, 5.41) is 10.1. The molecule has 1 fully saturated rings. The molecule has 2 amide bonds. The normalized spacial score (nSPS) is 22.4. The van der Waals surface area contributed by atoms with Crippen molar-refractivity contribution >= 4 is 27.5 Å². The fraction of sp³-hybridized carbons (Fsp3) is 0.391. The number of hydrogen-bond acceptors (Lipinski definition) is 8. The topological polar surface area (TPSA) is 149 Å². The third kappa shape index (κ3) is 4.35. The van der Waals surface area contributed by atoms with Crippen LogP contribution in [0.3, 0.4) is 0 Å². The summed E-state index contributed by atoms with van der Waals surface area (Å²) in [6.07, 6.45) is 1.30. The van der Waals surface area contributed by atoms with Crippen molar-refractivity contribution in [1.29, 1.82) is 0 Å². The molecule has 2 aromatic heterocycles. The Kier molecular flexibility index (Phi) is 5.83. The van der Waals surface area contributed by atoms with Gasteiger partial charge in [-0.2, -0.15) is 0 Å². The van der Waals surface area contributed by atoms with Gasteiger partial charge in [0.1, 0.15) is 10.7 Å². The highest BCUT2D eigenvalue weighted by Crippen LogP contribution is 2.39. The van der Waals surface area contributed by atoms with E-state index in [2.05, 4.69) is 20.2 Å². The fourth-order valence-electron chi connectivity index (χ4n) is 4.62. The van der Waals surface area contributed by atoms with Gasteiger partial charge in [-0.1, -0.05) is 6.92 Å². The zero-order valence-electron chi connectivity index (χ0n) is 20.5. The predicted octanol–water partition coefficient (Wildman–Crippen LogP) is 1.62. The van der Waals surface area contributed by atoms with Gasteiger partial charge in [-0.3, -0.25) is 9.59 Å². The molecule has 1 aromatic carbocycles. The second-order valence-electron chi connectivity index (χ2n) is 9.63. The van der Waals surface area contributed by atoms with E-state index in [0.29, 0.717) is 11.3 Å². The van der Waals surface area contributed by atoms with Gasteiger partial charge in [0.05, 0.1) is 6.61 Å². The van der Waals surface area contributed by atoms with Crippen LogP contribution < -0.4 is 14.8 Å². The number of sulfonamides is 1. The third-order valence-corrected chi connectivity index (χ3v) is 8.12. The summed E-state index contributed by atoms with van der Waals surface area (Å²) in [6.45, 7) is 5.16. The van der Waals surface area contributed by atoms with Gasteiger partial charge in [0.15, 0.2) is 11.4 Å². The molecule has 5 rings (SSSR count). The number of rotatable bonds is 3. The van der Waals surface area contributed by atoms with E-state index in [9.17, 15) is 22.4 Å². The van der Waals surface area contributed by atoms with Gasteiger partial charge in [-0.15, -0.1) is 10.2 Å². The van der Waals surface area contributed by atoms with E-state index in [1.54, 1.807) is 20.8 Å². The van der Waals surface area contributed by atoms with Crippen molar-refractivity contribution in [2.45, 2.75) is 31.7 Å². The molecule has 14 heteroatoms. The lowest BCUT2D eigenvalue weighted by atomic mass is 9.87. The summed E-state index contributed by atoms with van der Waals surface area (Å²) in [5.74, 6) is -1.60. The van der Waals surface area contributed by atoms with Crippen molar-refractivity contribution in [3.63, 3.8) is 0 Å². The maximum absolute atomic E-state index is 13.6. The van der Waals surface area contributed by atoms with Gasteiger partial charge < -0.3 is 23.9 Å². The van der Waals surface area contributed by atoms with Crippen molar-refractivity contribution in [3.8, 4) is 5.75 Å². The molecule has 1 saturated heterocycles. The van der Waals surface area contributed by atoms with E-state index < -0.39 is 39.1 Å². The number of nitrogens with zero attached hydrogens (tertiary/aromatic N) is 4. The van der Waals surface area contributed by atoms with Crippen LogP contribution in [0.2, 0.25) is 0 Å². The number of likely N-dealkylation sites (tertiary alicyclic amines) is 1. The molecule has 2 N–H and O–H groups in total. The Bertz CT molecular complexity index is 1530. The summed E-state index contributed by atoms with van der Waals surface area (Å²) in [6, 6.07) is 3.44. The minimum absolute atomic E-state index is 0.0137. The predicted molar refractivity (Wildman–Crippen MR) is 127 cm³/mol. The molecule has 2 aliphatic heterocycles. The van der Waals surface area contributed by atoms with Gasteiger partial charge in [-0.25, -0.2) is 17.5 Å². The first-order valence-corrected chi connectivity index (χ1v) is 12.9.